The van der Waals surface area contributed by atoms with Gasteiger partial charge in [0.2, 0.25) is 5.95 Å². The molecular weight excluding hydrogens is 390 g/mol. The van der Waals surface area contributed by atoms with Gasteiger partial charge >= 0.3 is 0 Å². The fourth-order valence-corrected chi connectivity index (χ4v) is 3.80. The largest absolute Gasteiger partial charge is 0.492 e. The van der Waals surface area contributed by atoms with E-state index in [1.54, 1.807) is 4.68 Å². The van der Waals surface area contributed by atoms with Gasteiger partial charge in [0.25, 0.3) is 5.91 Å². The van der Waals surface area contributed by atoms with Gasteiger partial charge in [-0.15, -0.1) is 0 Å². The molecule has 0 saturated heterocycles. The van der Waals surface area contributed by atoms with E-state index in [1.807, 2.05) is 38.1 Å². The molecule has 4 rings (SSSR count). The molecule has 1 atom stereocenters. The van der Waals surface area contributed by atoms with Crippen LogP contribution in [-0.4, -0.2) is 27.3 Å². The molecule has 31 heavy (non-hydrogen) atoms. The first-order valence-corrected chi connectivity index (χ1v) is 10.5. The molecule has 1 aromatic heterocycles. The number of fused-ring (bicyclic) bond motifs is 1. The molecule has 1 amide bonds. The van der Waals surface area contributed by atoms with E-state index in [-0.39, 0.29) is 11.9 Å². The molecule has 0 saturated carbocycles. The summed E-state index contributed by atoms with van der Waals surface area (Å²) in [6.07, 6.45) is 1.50. The lowest BCUT2D eigenvalue weighted by molar-refractivity contribution is -0.113. The van der Waals surface area contributed by atoms with Crippen LogP contribution in [0.5, 0.6) is 5.75 Å². The van der Waals surface area contributed by atoms with Crippen molar-refractivity contribution in [1.82, 2.24) is 14.8 Å². The van der Waals surface area contributed by atoms with Gasteiger partial charge in [-0.25, -0.2) is 4.68 Å². The van der Waals surface area contributed by atoms with Gasteiger partial charge in [-0.3, -0.25) is 4.79 Å². The molecular formula is C24H27N5O2. The second-order valence-corrected chi connectivity index (χ2v) is 7.80. The summed E-state index contributed by atoms with van der Waals surface area (Å²) in [7, 11) is 0. The smallest absolute Gasteiger partial charge is 0.255 e. The maximum Gasteiger partial charge on any atom is 0.255 e. The Morgan fingerprint density at radius 3 is 2.65 bits per heavy atom. The van der Waals surface area contributed by atoms with E-state index in [0.717, 1.165) is 11.3 Å². The van der Waals surface area contributed by atoms with Crippen molar-refractivity contribution in [1.29, 1.82) is 0 Å². The number of aromatic nitrogens is 3. The second kappa shape index (κ2) is 8.63. The molecule has 160 valence electrons. The first-order valence-electron chi connectivity index (χ1n) is 10.5. The maximum absolute atomic E-state index is 13.5. The van der Waals surface area contributed by atoms with Crippen LogP contribution in [0.25, 0.3) is 0 Å². The van der Waals surface area contributed by atoms with Crippen LogP contribution < -0.4 is 15.4 Å². The highest BCUT2D eigenvalue weighted by atomic mass is 16.5. The quantitative estimate of drug-likeness (QED) is 0.606. The molecule has 1 aliphatic rings. The highest BCUT2D eigenvalue weighted by molar-refractivity contribution is 6.06. The van der Waals surface area contributed by atoms with Crippen LogP contribution in [0, 0.1) is 0 Å². The first kappa shape index (κ1) is 20.7. The van der Waals surface area contributed by atoms with Gasteiger partial charge in [0.15, 0.2) is 0 Å². The molecule has 3 aromatic rings. The van der Waals surface area contributed by atoms with E-state index in [0.29, 0.717) is 35.5 Å². The lowest BCUT2D eigenvalue weighted by Gasteiger charge is -2.29. The van der Waals surface area contributed by atoms with Crippen molar-refractivity contribution in [2.24, 2.45) is 0 Å². The summed E-state index contributed by atoms with van der Waals surface area (Å²) in [6.45, 7) is 8.64. The SMILES string of the molecule is CCOc1ccccc1NC(=O)C1=C(C)Nc2ncnn2C1c1ccc(C(C)C)cc1. The van der Waals surface area contributed by atoms with Gasteiger partial charge in [0.05, 0.1) is 17.9 Å². The van der Waals surface area contributed by atoms with Crippen molar-refractivity contribution in [2.45, 2.75) is 39.7 Å². The second-order valence-electron chi connectivity index (χ2n) is 7.80. The highest BCUT2D eigenvalue weighted by Gasteiger charge is 2.33. The molecule has 7 heteroatoms. The Morgan fingerprint density at radius 1 is 1.19 bits per heavy atom. The maximum atomic E-state index is 13.5. The van der Waals surface area contributed by atoms with Crippen LogP contribution in [0.15, 0.2) is 66.1 Å². The topological polar surface area (TPSA) is 81.1 Å². The monoisotopic (exact) mass is 417 g/mol. The lowest BCUT2D eigenvalue weighted by atomic mass is 9.92. The minimum atomic E-state index is -0.390. The average molecular weight is 418 g/mol. The van der Waals surface area contributed by atoms with Gasteiger partial charge < -0.3 is 15.4 Å². The molecule has 2 aromatic carbocycles. The number of hydrogen-bond donors (Lipinski definition) is 2. The zero-order valence-corrected chi connectivity index (χ0v) is 18.2. The molecule has 0 aliphatic carbocycles. The standard InChI is InChI=1S/C24H27N5O2/c1-5-31-20-9-7-6-8-19(20)28-23(30)21-16(4)27-24-25-14-26-29(24)22(21)18-12-10-17(11-13-18)15(2)3/h6-15,22H,5H2,1-4H3,(H,28,30)(H,25,26,27). The van der Waals surface area contributed by atoms with Gasteiger partial charge in [0, 0.05) is 5.70 Å². The average Bonchev–Trinajstić information content (AvgIpc) is 3.22. The van der Waals surface area contributed by atoms with E-state index < -0.39 is 0 Å². The Morgan fingerprint density at radius 2 is 1.94 bits per heavy atom. The van der Waals surface area contributed by atoms with Gasteiger partial charge in [-0.2, -0.15) is 10.1 Å². The predicted octanol–water partition coefficient (Wildman–Crippen LogP) is 4.73. The summed E-state index contributed by atoms with van der Waals surface area (Å²) in [6, 6.07) is 15.4. The lowest BCUT2D eigenvalue weighted by Crippen LogP contribution is -2.31. The molecule has 2 N–H and O–H groups in total. The number of nitrogens with one attached hydrogen (secondary N) is 2. The molecule has 0 fully saturated rings. The summed E-state index contributed by atoms with van der Waals surface area (Å²) in [5, 5.41) is 10.6. The number of carbonyl (C=O) groups is 1. The number of carbonyl (C=O) groups excluding carboxylic acids is 1. The molecule has 0 bridgehead atoms. The Kier molecular flexibility index (Phi) is 5.75. The van der Waals surface area contributed by atoms with E-state index in [1.165, 1.54) is 11.9 Å². The van der Waals surface area contributed by atoms with Crippen molar-refractivity contribution in [3.05, 3.63) is 77.3 Å². The van der Waals surface area contributed by atoms with Crippen molar-refractivity contribution in [3.63, 3.8) is 0 Å². The number of benzene rings is 2. The Hall–Kier alpha value is -3.61. The first-order chi connectivity index (χ1) is 15.0. The van der Waals surface area contributed by atoms with Gasteiger partial charge in [-0.05, 0) is 43.0 Å². The molecule has 1 aliphatic heterocycles. The number of hydrogen-bond acceptors (Lipinski definition) is 5. The van der Waals surface area contributed by atoms with E-state index in [4.69, 9.17) is 4.74 Å². The van der Waals surface area contributed by atoms with Crippen molar-refractivity contribution in [3.8, 4) is 5.75 Å². The third-order valence-electron chi connectivity index (χ3n) is 5.39. The summed E-state index contributed by atoms with van der Waals surface area (Å²) in [5.41, 5.74) is 4.17. The zero-order valence-electron chi connectivity index (χ0n) is 18.2. The molecule has 0 radical (unpaired) electrons. The van der Waals surface area contributed by atoms with Crippen LogP contribution in [0.4, 0.5) is 11.6 Å². The van der Waals surface area contributed by atoms with Crippen molar-refractivity contribution in [2.75, 3.05) is 17.2 Å². The summed E-state index contributed by atoms with van der Waals surface area (Å²) in [5.74, 6) is 1.47. The van der Waals surface area contributed by atoms with E-state index in [9.17, 15) is 4.79 Å². The fraction of sp³-hybridized carbons (Fsp3) is 0.292. The Balaban J connectivity index is 1.73. The zero-order chi connectivity index (χ0) is 22.0. The van der Waals surface area contributed by atoms with Crippen LogP contribution in [-0.2, 0) is 4.79 Å². The number of nitrogens with zero attached hydrogens (tertiary/aromatic N) is 3. The van der Waals surface area contributed by atoms with Crippen LogP contribution >= 0.6 is 0 Å². The van der Waals surface area contributed by atoms with Crippen LogP contribution in [0.2, 0.25) is 0 Å². The van der Waals surface area contributed by atoms with Gasteiger partial charge in [-0.1, -0.05) is 50.2 Å². The molecule has 7 nitrogen and oxygen atoms in total. The minimum absolute atomic E-state index is 0.212. The predicted molar refractivity (Wildman–Crippen MR) is 121 cm³/mol. The molecule has 2 heterocycles. The number of allylic oxidation sites excluding steroid dienone is 1. The minimum Gasteiger partial charge on any atom is -0.492 e. The fourth-order valence-electron chi connectivity index (χ4n) is 3.80. The van der Waals surface area contributed by atoms with Crippen LogP contribution in [0.3, 0.4) is 0 Å². The summed E-state index contributed by atoms with van der Waals surface area (Å²) < 4.78 is 7.42. The van der Waals surface area contributed by atoms with E-state index in [2.05, 4.69) is 58.8 Å². The number of rotatable bonds is 6. The van der Waals surface area contributed by atoms with Crippen molar-refractivity contribution < 1.29 is 9.53 Å². The van der Waals surface area contributed by atoms with Crippen molar-refractivity contribution >= 4 is 17.5 Å². The highest BCUT2D eigenvalue weighted by Crippen LogP contribution is 2.36. The third-order valence-corrected chi connectivity index (χ3v) is 5.39. The number of para-hydroxylation sites is 2. The number of amides is 1. The summed E-state index contributed by atoms with van der Waals surface area (Å²) in [4.78, 5) is 17.8. The Bertz CT molecular complexity index is 1120. The van der Waals surface area contributed by atoms with E-state index >= 15 is 0 Å². The molecule has 0 spiro atoms. The number of ether oxygens (including phenoxy) is 1. The normalized spacial score (nSPS) is 15.5. The number of anilines is 2. The third kappa shape index (κ3) is 4.03. The molecule has 1 unspecified atom stereocenters. The Labute approximate surface area is 182 Å². The summed E-state index contributed by atoms with van der Waals surface area (Å²) >= 11 is 0. The van der Waals surface area contributed by atoms with Gasteiger partial charge in [0.1, 0.15) is 18.1 Å². The van der Waals surface area contributed by atoms with Crippen LogP contribution in [0.1, 0.15) is 50.8 Å².